The molecule has 5 heteroatoms. The van der Waals surface area contributed by atoms with E-state index in [4.69, 9.17) is 14.7 Å². The van der Waals surface area contributed by atoms with Gasteiger partial charge in [0.1, 0.15) is 16.8 Å². The number of fused-ring (bicyclic) bond motifs is 2. The van der Waals surface area contributed by atoms with E-state index < -0.39 is 11.2 Å². The number of aliphatic hydroxyl groups excluding tert-OH is 1. The Hall–Kier alpha value is -0.720. The van der Waals surface area contributed by atoms with Gasteiger partial charge < -0.3 is 5.11 Å². The lowest BCUT2D eigenvalue weighted by Gasteiger charge is -2.69. The Morgan fingerprint density at radius 1 is 1.09 bits per heavy atom. The molecule has 1 saturated heterocycles. The van der Waals surface area contributed by atoms with Crippen LogP contribution in [0.4, 0.5) is 0 Å². The highest BCUT2D eigenvalue weighted by Gasteiger charge is 2.74. The van der Waals surface area contributed by atoms with E-state index in [0.29, 0.717) is 30.1 Å². The van der Waals surface area contributed by atoms with Gasteiger partial charge in [-0.1, -0.05) is 46.8 Å². The molecule has 2 spiro atoms. The summed E-state index contributed by atoms with van der Waals surface area (Å²) in [6.07, 6.45) is 15.1. The van der Waals surface area contributed by atoms with E-state index in [1.807, 2.05) is 0 Å². The Kier molecular flexibility index (Phi) is 5.98. The lowest BCUT2D eigenvalue weighted by molar-refractivity contribution is -0.497. The van der Waals surface area contributed by atoms with Crippen molar-refractivity contribution in [2.24, 2.45) is 40.4 Å². The topological polar surface area (TPSA) is 68.2 Å². The highest BCUT2D eigenvalue weighted by Crippen LogP contribution is 2.72. The van der Waals surface area contributed by atoms with Crippen LogP contribution in [0, 0.1) is 40.4 Å². The predicted octanol–water partition coefficient (Wildman–Crippen LogP) is 6.48. The van der Waals surface area contributed by atoms with Crippen molar-refractivity contribution in [1.82, 2.24) is 0 Å². The van der Waals surface area contributed by atoms with Gasteiger partial charge in [0.05, 0.1) is 6.10 Å². The summed E-state index contributed by atoms with van der Waals surface area (Å²) in [5.41, 5.74) is -1.30. The fourth-order valence-corrected chi connectivity index (χ4v) is 9.54. The Morgan fingerprint density at radius 3 is 2.47 bits per heavy atom. The van der Waals surface area contributed by atoms with Crippen LogP contribution in [0.15, 0.2) is 24.8 Å². The van der Waals surface area contributed by atoms with Crippen LogP contribution in [0.25, 0.3) is 0 Å². The van der Waals surface area contributed by atoms with Crippen molar-refractivity contribution in [3.8, 4) is 0 Å². The van der Waals surface area contributed by atoms with Gasteiger partial charge in [-0.15, -0.1) is 6.58 Å². The molecular weight excluding hydrogens is 428 g/mol. The molecule has 2 N–H and O–H groups in total. The van der Waals surface area contributed by atoms with Crippen molar-refractivity contribution in [1.29, 1.82) is 0 Å². The number of aliphatic hydroxyl groups is 1. The molecule has 0 aromatic heterocycles. The van der Waals surface area contributed by atoms with E-state index in [1.54, 1.807) is 6.08 Å². The second-order valence-corrected chi connectivity index (χ2v) is 13.3. The molecule has 192 valence electrons. The minimum atomic E-state index is -0.681. The molecular formula is C29H46O5. The van der Waals surface area contributed by atoms with Crippen molar-refractivity contribution in [3.63, 3.8) is 0 Å². The number of hydrogen-bond acceptors (Lipinski definition) is 5. The van der Waals surface area contributed by atoms with E-state index in [-0.39, 0.29) is 28.5 Å². The quantitative estimate of drug-likeness (QED) is 0.251. The zero-order chi connectivity index (χ0) is 24.6. The third kappa shape index (κ3) is 3.09. The van der Waals surface area contributed by atoms with Crippen LogP contribution < -0.4 is 0 Å². The van der Waals surface area contributed by atoms with Crippen molar-refractivity contribution >= 4 is 0 Å². The van der Waals surface area contributed by atoms with E-state index in [1.165, 1.54) is 12.8 Å². The molecule has 4 aliphatic carbocycles. The Morgan fingerprint density at radius 2 is 1.85 bits per heavy atom. The Labute approximate surface area is 205 Å². The molecule has 2 aliphatic heterocycles. The third-order valence-corrected chi connectivity index (χ3v) is 11.9. The summed E-state index contributed by atoms with van der Waals surface area (Å²) < 4.78 is 0. The van der Waals surface area contributed by atoms with Gasteiger partial charge in [-0.3, -0.25) is 5.26 Å². The fraction of sp³-hybridized carbons (Fsp3) is 0.862. The minimum absolute atomic E-state index is 0.0174. The van der Waals surface area contributed by atoms with Crippen LogP contribution in [0.5, 0.6) is 0 Å². The molecule has 34 heavy (non-hydrogen) atoms. The van der Waals surface area contributed by atoms with Crippen molar-refractivity contribution < 1.29 is 25.0 Å². The van der Waals surface area contributed by atoms with Gasteiger partial charge in [0.15, 0.2) is 0 Å². The zero-order valence-corrected chi connectivity index (χ0v) is 21.9. The summed E-state index contributed by atoms with van der Waals surface area (Å²) in [5, 5.41) is 20.1. The average Bonchev–Trinajstić information content (AvgIpc) is 3.18. The lowest BCUT2D eigenvalue weighted by Crippen LogP contribution is -2.73. The summed E-state index contributed by atoms with van der Waals surface area (Å²) >= 11 is 0. The summed E-state index contributed by atoms with van der Waals surface area (Å²) in [5.74, 6) is 2.17. The second-order valence-electron chi connectivity index (χ2n) is 13.3. The Balaban J connectivity index is 1.39. The van der Waals surface area contributed by atoms with E-state index in [9.17, 15) is 10.4 Å². The van der Waals surface area contributed by atoms with Crippen LogP contribution in [0.1, 0.15) is 92.4 Å². The largest absolute Gasteiger partial charge is 0.393 e. The van der Waals surface area contributed by atoms with Crippen LogP contribution in [0.2, 0.25) is 0 Å². The Bertz CT molecular complexity index is 840. The second kappa shape index (κ2) is 8.14. The summed E-state index contributed by atoms with van der Waals surface area (Å²) in [7, 11) is 0. The molecule has 0 aromatic rings. The maximum absolute atomic E-state index is 10.4. The summed E-state index contributed by atoms with van der Waals surface area (Å²) in [6.45, 7) is 15.4. The summed E-state index contributed by atoms with van der Waals surface area (Å²) in [4.78, 5) is 17.8. The molecule has 2 unspecified atom stereocenters. The van der Waals surface area contributed by atoms with Crippen molar-refractivity contribution in [2.75, 3.05) is 0 Å². The number of hydrogen-bond donors (Lipinski definition) is 2. The van der Waals surface area contributed by atoms with Crippen molar-refractivity contribution in [2.45, 2.75) is 115 Å². The first-order valence-corrected chi connectivity index (χ1v) is 13.7. The first-order valence-electron chi connectivity index (χ1n) is 13.7. The minimum Gasteiger partial charge on any atom is -0.393 e. The van der Waals surface area contributed by atoms with Gasteiger partial charge in [-0.2, -0.15) is 0 Å². The first-order chi connectivity index (χ1) is 16.0. The smallest absolute Gasteiger partial charge is 0.130 e. The molecule has 5 nitrogen and oxygen atoms in total. The van der Waals surface area contributed by atoms with E-state index in [2.05, 4.69) is 53.3 Å². The van der Waals surface area contributed by atoms with E-state index >= 15 is 0 Å². The molecule has 0 amide bonds. The van der Waals surface area contributed by atoms with Gasteiger partial charge in [0, 0.05) is 23.7 Å². The normalized spacial score (nSPS) is 49.8. The van der Waals surface area contributed by atoms with Crippen molar-refractivity contribution in [3.05, 3.63) is 24.8 Å². The third-order valence-electron chi connectivity index (χ3n) is 11.9. The average molecular weight is 475 g/mol. The van der Waals surface area contributed by atoms with Gasteiger partial charge in [0.25, 0.3) is 0 Å². The highest BCUT2D eigenvalue weighted by atomic mass is 17.2. The molecule has 0 radical (unpaired) electrons. The maximum atomic E-state index is 10.4. The zero-order valence-electron chi connectivity index (χ0n) is 21.9. The molecule has 6 aliphatic rings. The van der Waals surface area contributed by atoms with Gasteiger partial charge >= 0.3 is 0 Å². The molecule has 0 aromatic carbocycles. The maximum Gasteiger partial charge on any atom is 0.130 e. The molecule has 2 bridgehead atoms. The predicted molar refractivity (Wildman–Crippen MR) is 132 cm³/mol. The van der Waals surface area contributed by atoms with E-state index in [0.717, 1.165) is 38.5 Å². The van der Waals surface area contributed by atoms with Gasteiger partial charge in [-0.25, -0.2) is 14.7 Å². The molecule has 2 heterocycles. The number of rotatable bonds is 7. The summed E-state index contributed by atoms with van der Waals surface area (Å²) in [6, 6.07) is 0. The highest BCUT2D eigenvalue weighted by molar-refractivity contribution is 5.33. The van der Waals surface area contributed by atoms with Crippen LogP contribution >= 0.6 is 0 Å². The molecule has 6 rings (SSSR count). The molecule has 3 saturated carbocycles. The van der Waals surface area contributed by atoms with Crippen LogP contribution in [-0.2, 0) is 14.7 Å². The lowest BCUT2D eigenvalue weighted by atomic mass is 9.42. The van der Waals surface area contributed by atoms with Crippen LogP contribution in [-0.4, -0.2) is 33.3 Å². The van der Waals surface area contributed by atoms with Gasteiger partial charge in [-0.05, 0) is 80.6 Å². The van der Waals surface area contributed by atoms with Gasteiger partial charge in [0.2, 0.25) is 0 Å². The monoisotopic (exact) mass is 474 g/mol. The molecule has 10 atom stereocenters. The SMILES string of the molecule is C=C[C@](CC[C@@H](C)[C@H]1CCC2[C@@]34C=C[C@]5(C[C@@H](O)CC[C@]5(C)C3CC[C@@]21C)OO4)(OO)C(C)C. The standard InChI is InChI=1S/C29H46O5/c1-7-27(32-31,19(2)3)15-10-20(4)22-8-9-23-25(22,5)13-12-24-26(6)14-11-21(30)18-28(26)16-17-29(23,24)34-33-28/h7,16-17,19-24,30-31H,1,8-15,18H2,2-6H3/t20-,21+,22-,23?,24?,25-,26-,27-,28-,29+/m1/s1. The first kappa shape index (κ1) is 25.0. The molecule has 4 fully saturated rings. The van der Waals surface area contributed by atoms with Crippen LogP contribution in [0.3, 0.4) is 0 Å². The fourth-order valence-electron chi connectivity index (χ4n) is 9.54.